The Balaban J connectivity index is 2.10. The number of hydrogen-bond donors (Lipinski definition) is 2. The molecule has 1 atom stereocenters. The second kappa shape index (κ2) is 4.13. The number of carbonyl (C=O) groups excluding carboxylic acids is 2. The number of imide groups is 1. The molecule has 2 rings (SSSR count). The van der Waals surface area contributed by atoms with Crippen molar-refractivity contribution in [2.75, 3.05) is 6.54 Å². The lowest BCUT2D eigenvalue weighted by molar-refractivity contribution is -0.130. The van der Waals surface area contributed by atoms with Crippen LogP contribution in [0.2, 0.25) is 0 Å². The molecule has 6 nitrogen and oxygen atoms in total. The van der Waals surface area contributed by atoms with Gasteiger partial charge in [0, 0.05) is 0 Å². The number of rotatable bonds is 3. The molecule has 1 aromatic rings. The van der Waals surface area contributed by atoms with E-state index in [2.05, 4.69) is 5.32 Å². The summed E-state index contributed by atoms with van der Waals surface area (Å²) in [4.78, 5) is 24.8. The Morgan fingerprint density at radius 3 is 2.56 bits per heavy atom. The van der Waals surface area contributed by atoms with Crippen molar-refractivity contribution in [3.63, 3.8) is 0 Å². The van der Waals surface area contributed by atoms with Crippen molar-refractivity contribution >= 4 is 11.9 Å². The monoisotopic (exact) mass is 251 g/mol. The molecule has 0 spiro atoms. The van der Waals surface area contributed by atoms with Crippen LogP contribution in [-0.2, 0) is 4.79 Å². The Kier molecular flexibility index (Phi) is 2.90. The minimum absolute atomic E-state index is 0.112. The number of urea groups is 1. The van der Waals surface area contributed by atoms with Gasteiger partial charge in [-0.2, -0.15) is 0 Å². The van der Waals surface area contributed by atoms with E-state index in [-0.39, 0.29) is 12.5 Å². The first kappa shape index (κ1) is 12.6. The molecule has 0 saturated carbocycles. The van der Waals surface area contributed by atoms with Gasteiger partial charge in [-0.05, 0) is 32.9 Å². The van der Waals surface area contributed by atoms with Crippen molar-refractivity contribution in [3.8, 4) is 0 Å². The standard InChI is InChI=1S/C12H17N3O3/c1-7-4-5-9(18-7)8(13)6-15-10(16)12(2,3)14-11(15)17/h4-5,8H,6,13H2,1-3H3,(H,14,17). The molecule has 1 aromatic heterocycles. The summed E-state index contributed by atoms with van der Waals surface area (Å²) in [6, 6.07) is 2.63. The molecule has 0 aliphatic carbocycles. The van der Waals surface area contributed by atoms with Gasteiger partial charge in [-0.15, -0.1) is 0 Å². The molecule has 2 heterocycles. The molecule has 1 fully saturated rings. The Morgan fingerprint density at radius 1 is 1.44 bits per heavy atom. The zero-order valence-electron chi connectivity index (χ0n) is 10.7. The van der Waals surface area contributed by atoms with Gasteiger partial charge in [0.1, 0.15) is 17.1 Å². The maximum atomic E-state index is 12.0. The average Bonchev–Trinajstić information content (AvgIpc) is 2.77. The van der Waals surface area contributed by atoms with Gasteiger partial charge < -0.3 is 15.5 Å². The summed E-state index contributed by atoms with van der Waals surface area (Å²) in [5, 5.41) is 2.61. The lowest BCUT2D eigenvalue weighted by Crippen LogP contribution is -2.41. The van der Waals surface area contributed by atoms with Crippen LogP contribution in [0.25, 0.3) is 0 Å². The number of carbonyl (C=O) groups is 2. The van der Waals surface area contributed by atoms with Gasteiger partial charge in [0.25, 0.3) is 5.91 Å². The van der Waals surface area contributed by atoms with Gasteiger partial charge >= 0.3 is 6.03 Å². The molecule has 0 aromatic carbocycles. The van der Waals surface area contributed by atoms with Crippen LogP contribution in [0.4, 0.5) is 4.79 Å². The lowest BCUT2D eigenvalue weighted by atomic mass is 10.1. The Morgan fingerprint density at radius 2 is 2.11 bits per heavy atom. The van der Waals surface area contributed by atoms with E-state index in [0.29, 0.717) is 5.76 Å². The molecule has 1 unspecified atom stereocenters. The first-order chi connectivity index (χ1) is 8.31. The van der Waals surface area contributed by atoms with E-state index in [1.165, 1.54) is 0 Å². The Labute approximate surface area is 105 Å². The molecule has 1 aliphatic heterocycles. The highest BCUT2D eigenvalue weighted by atomic mass is 16.3. The summed E-state index contributed by atoms with van der Waals surface area (Å²) < 4.78 is 5.38. The second-order valence-electron chi connectivity index (χ2n) is 5.03. The highest BCUT2D eigenvalue weighted by molar-refractivity contribution is 6.06. The number of nitrogens with one attached hydrogen (secondary N) is 1. The molecule has 0 bridgehead atoms. The number of nitrogens with two attached hydrogens (primary N) is 1. The topological polar surface area (TPSA) is 88.6 Å². The van der Waals surface area contributed by atoms with Crippen molar-refractivity contribution < 1.29 is 14.0 Å². The highest BCUT2D eigenvalue weighted by Gasteiger charge is 2.44. The number of furan rings is 1. The van der Waals surface area contributed by atoms with Crippen LogP contribution >= 0.6 is 0 Å². The molecule has 0 radical (unpaired) electrons. The summed E-state index contributed by atoms with van der Waals surface area (Å²) >= 11 is 0. The van der Waals surface area contributed by atoms with Crippen LogP contribution in [0.5, 0.6) is 0 Å². The normalized spacial score (nSPS) is 20.1. The SMILES string of the molecule is Cc1ccc(C(N)CN2C(=O)NC(C)(C)C2=O)o1. The summed E-state index contributed by atoms with van der Waals surface area (Å²) in [6.07, 6.45) is 0. The van der Waals surface area contributed by atoms with Gasteiger partial charge in [-0.1, -0.05) is 0 Å². The molecule has 1 saturated heterocycles. The van der Waals surface area contributed by atoms with Crippen LogP contribution < -0.4 is 11.1 Å². The summed E-state index contributed by atoms with van der Waals surface area (Å²) in [5.41, 5.74) is 5.07. The van der Waals surface area contributed by atoms with Crippen molar-refractivity contribution in [1.29, 1.82) is 0 Å². The first-order valence-electron chi connectivity index (χ1n) is 5.77. The van der Waals surface area contributed by atoms with Gasteiger partial charge in [0.05, 0.1) is 12.6 Å². The number of hydrogen-bond acceptors (Lipinski definition) is 4. The highest BCUT2D eigenvalue weighted by Crippen LogP contribution is 2.21. The van der Waals surface area contributed by atoms with Crippen molar-refractivity contribution in [2.45, 2.75) is 32.4 Å². The van der Waals surface area contributed by atoms with E-state index < -0.39 is 17.6 Å². The molecule has 98 valence electrons. The predicted molar refractivity (Wildman–Crippen MR) is 64.7 cm³/mol. The maximum absolute atomic E-state index is 12.0. The van der Waals surface area contributed by atoms with E-state index in [1.54, 1.807) is 26.0 Å². The van der Waals surface area contributed by atoms with Crippen LogP contribution in [0.15, 0.2) is 16.5 Å². The zero-order chi connectivity index (χ0) is 13.5. The third kappa shape index (κ3) is 2.11. The van der Waals surface area contributed by atoms with Gasteiger partial charge in [0.15, 0.2) is 0 Å². The Hall–Kier alpha value is -1.82. The van der Waals surface area contributed by atoms with Crippen molar-refractivity contribution in [2.24, 2.45) is 5.73 Å². The quantitative estimate of drug-likeness (QED) is 0.782. The van der Waals surface area contributed by atoms with Crippen molar-refractivity contribution in [3.05, 3.63) is 23.7 Å². The fourth-order valence-corrected chi connectivity index (χ4v) is 1.92. The number of amides is 3. The molecular weight excluding hydrogens is 234 g/mol. The van der Waals surface area contributed by atoms with Crippen LogP contribution in [-0.4, -0.2) is 28.9 Å². The molecule has 6 heteroatoms. The summed E-state index contributed by atoms with van der Waals surface area (Å²) in [7, 11) is 0. The largest absolute Gasteiger partial charge is 0.465 e. The van der Waals surface area contributed by atoms with Gasteiger partial charge in [0.2, 0.25) is 0 Å². The second-order valence-corrected chi connectivity index (χ2v) is 5.03. The van der Waals surface area contributed by atoms with E-state index >= 15 is 0 Å². The fraction of sp³-hybridized carbons (Fsp3) is 0.500. The number of aryl methyl sites for hydroxylation is 1. The van der Waals surface area contributed by atoms with Crippen molar-refractivity contribution in [1.82, 2.24) is 10.2 Å². The molecule has 18 heavy (non-hydrogen) atoms. The molecule has 1 aliphatic rings. The zero-order valence-corrected chi connectivity index (χ0v) is 10.7. The minimum Gasteiger partial charge on any atom is -0.465 e. The summed E-state index contributed by atoms with van der Waals surface area (Å²) in [5.74, 6) is 1.04. The minimum atomic E-state index is -0.865. The van der Waals surface area contributed by atoms with Gasteiger partial charge in [-0.3, -0.25) is 9.69 Å². The first-order valence-corrected chi connectivity index (χ1v) is 5.77. The van der Waals surface area contributed by atoms with E-state index in [9.17, 15) is 9.59 Å². The lowest BCUT2D eigenvalue weighted by Gasteiger charge is -2.18. The molecule has 3 N–H and O–H groups in total. The van der Waals surface area contributed by atoms with Crippen LogP contribution in [0, 0.1) is 6.92 Å². The van der Waals surface area contributed by atoms with E-state index in [1.807, 2.05) is 6.92 Å². The summed E-state index contributed by atoms with van der Waals surface area (Å²) in [6.45, 7) is 5.25. The smallest absolute Gasteiger partial charge is 0.325 e. The maximum Gasteiger partial charge on any atom is 0.325 e. The average molecular weight is 251 g/mol. The van der Waals surface area contributed by atoms with E-state index in [4.69, 9.17) is 10.2 Å². The third-order valence-electron chi connectivity index (χ3n) is 2.95. The molecule has 3 amide bonds. The molecular formula is C12H17N3O3. The van der Waals surface area contributed by atoms with Crippen LogP contribution in [0.1, 0.15) is 31.4 Å². The Bertz CT molecular complexity index is 493. The fourth-order valence-electron chi connectivity index (χ4n) is 1.92. The number of nitrogens with zero attached hydrogens (tertiary/aromatic N) is 1. The third-order valence-corrected chi connectivity index (χ3v) is 2.95. The van der Waals surface area contributed by atoms with Crippen LogP contribution in [0.3, 0.4) is 0 Å². The van der Waals surface area contributed by atoms with Gasteiger partial charge in [-0.25, -0.2) is 4.79 Å². The predicted octanol–water partition coefficient (Wildman–Crippen LogP) is 0.918. The van der Waals surface area contributed by atoms with E-state index in [0.717, 1.165) is 10.7 Å².